The van der Waals surface area contributed by atoms with Gasteiger partial charge in [-0.15, -0.1) is 0 Å². The second-order valence-electron chi connectivity index (χ2n) is 4.04. The molecule has 0 amide bonds. The maximum absolute atomic E-state index is 13.0. The molecule has 18 heavy (non-hydrogen) atoms. The van der Waals surface area contributed by atoms with Crippen LogP contribution in [-0.2, 0) is 6.18 Å². The van der Waals surface area contributed by atoms with Crippen molar-refractivity contribution in [2.75, 3.05) is 0 Å². The molecule has 1 nitrogen and oxygen atoms in total. The van der Waals surface area contributed by atoms with Gasteiger partial charge >= 0.3 is 6.18 Å². The SMILES string of the molecule is FC(F)(F)c1cccc2ccc3cccnc3c12. The summed E-state index contributed by atoms with van der Waals surface area (Å²) in [6.45, 7) is 0. The van der Waals surface area contributed by atoms with Crippen LogP contribution < -0.4 is 0 Å². The summed E-state index contributed by atoms with van der Waals surface area (Å²) < 4.78 is 39.1. The van der Waals surface area contributed by atoms with Crippen molar-refractivity contribution in [2.45, 2.75) is 6.18 Å². The van der Waals surface area contributed by atoms with E-state index in [0.717, 1.165) is 6.07 Å². The molecular weight excluding hydrogens is 239 g/mol. The molecule has 0 saturated heterocycles. The molecule has 90 valence electrons. The van der Waals surface area contributed by atoms with Gasteiger partial charge in [0.1, 0.15) is 0 Å². The molecule has 0 aliphatic heterocycles. The predicted molar refractivity (Wildman–Crippen MR) is 64.3 cm³/mol. The number of aromatic nitrogens is 1. The highest BCUT2D eigenvalue weighted by molar-refractivity contribution is 6.07. The Balaban J connectivity index is 2.55. The normalized spacial score (nSPS) is 12.2. The van der Waals surface area contributed by atoms with Crippen molar-refractivity contribution in [1.29, 1.82) is 0 Å². The van der Waals surface area contributed by atoms with Crippen LogP contribution in [0.15, 0.2) is 48.7 Å². The van der Waals surface area contributed by atoms with E-state index < -0.39 is 11.7 Å². The van der Waals surface area contributed by atoms with Gasteiger partial charge in [0.15, 0.2) is 0 Å². The Morgan fingerprint density at radius 3 is 2.33 bits per heavy atom. The zero-order chi connectivity index (χ0) is 12.8. The molecule has 0 aliphatic carbocycles. The minimum atomic E-state index is -4.37. The topological polar surface area (TPSA) is 12.9 Å². The van der Waals surface area contributed by atoms with Gasteiger partial charge < -0.3 is 0 Å². The lowest BCUT2D eigenvalue weighted by Crippen LogP contribution is -2.06. The first-order chi connectivity index (χ1) is 8.57. The maximum atomic E-state index is 13.0. The summed E-state index contributed by atoms with van der Waals surface area (Å²) in [6.07, 6.45) is -2.86. The number of halogens is 3. The number of benzene rings is 2. The molecule has 4 heteroatoms. The van der Waals surface area contributed by atoms with E-state index >= 15 is 0 Å². The van der Waals surface area contributed by atoms with Crippen LogP contribution >= 0.6 is 0 Å². The van der Waals surface area contributed by atoms with E-state index in [1.54, 1.807) is 30.3 Å². The third kappa shape index (κ3) is 1.61. The summed E-state index contributed by atoms with van der Waals surface area (Å²) in [5.41, 5.74) is -0.243. The maximum Gasteiger partial charge on any atom is 0.417 e. The van der Waals surface area contributed by atoms with Crippen molar-refractivity contribution in [3.8, 4) is 0 Å². The van der Waals surface area contributed by atoms with Gasteiger partial charge in [-0.25, -0.2) is 0 Å². The molecule has 1 heterocycles. The van der Waals surface area contributed by atoms with Crippen molar-refractivity contribution in [2.24, 2.45) is 0 Å². The van der Waals surface area contributed by atoms with Crippen LogP contribution in [0.25, 0.3) is 21.7 Å². The average Bonchev–Trinajstić information content (AvgIpc) is 2.36. The summed E-state index contributed by atoms with van der Waals surface area (Å²) in [5.74, 6) is 0. The average molecular weight is 247 g/mol. The monoisotopic (exact) mass is 247 g/mol. The van der Waals surface area contributed by atoms with Gasteiger partial charge in [0.25, 0.3) is 0 Å². The number of alkyl halides is 3. The quantitative estimate of drug-likeness (QED) is 0.536. The van der Waals surface area contributed by atoms with Crippen LogP contribution in [0.1, 0.15) is 5.56 Å². The molecule has 0 atom stereocenters. The van der Waals surface area contributed by atoms with Crippen molar-refractivity contribution in [3.05, 3.63) is 54.2 Å². The third-order valence-corrected chi connectivity index (χ3v) is 2.92. The highest BCUT2D eigenvalue weighted by Gasteiger charge is 2.33. The number of hydrogen-bond donors (Lipinski definition) is 0. The lowest BCUT2D eigenvalue weighted by Gasteiger charge is -2.11. The largest absolute Gasteiger partial charge is 0.417 e. The molecule has 0 fully saturated rings. The molecule has 0 N–H and O–H groups in total. The van der Waals surface area contributed by atoms with Gasteiger partial charge in [-0.1, -0.05) is 30.3 Å². The third-order valence-electron chi connectivity index (χ3n) is 2.92. The van der Waals surface area contributed by atoms with Crippen molar-refractivity contribution >= 4 is 21.7 Å². The second-order valence-corrected chi connectivity index (χ2v) is 4.04. The van der Waals surface area contributed by atoms with Gasteiger partial charge in [-0.3, -0.25) is 4.98 Å². The molecule has 3 aromatic rings. The summed E-state index contributed by atoms with van der Waals surface area (Å²) in [4.78, 5) is 4.08. The summed E-state index contributed by atoms with van der Waals surface area (Å²) in [5, 5.41) is 1.43. The predicted octanol–water partition coefficient (Wildman–Crippen LogP) is 4.41. The van der Waals surface area contributed by atoms with E-state index in [1.807, 2.05) is 0 Å². The van der Waals surface area contributed by atoms with E-state index in [2.05, 4.69) is 4.98 Å². The second kappa shape index (κ2) is 3.70. The standard InChI is InChI=1S/C14H8F3N/c15-14(16,17)11-5-1-3-9-6-7-10-4-2-8-18-13(10)12(9)11/h1-8H. The minimum absolute atomic E-state index is 0.170. The van der Waals surface area contributed by atoms with Crippen molar-refractivity contribution < 1.29 is 13.2 Å². The first-order valence-corrected chi connectivity index (χ1v) is 5.41. The Bertz CT molecular complexity index is 732. The first-order valence-electron chi connectivity index (χ1n) is 5.41. The van der Waals surface area contributed by atoms with Gasteiger partial charge in [0, 0.05) is 17.0 Å². The smallest absolute Gasteiger partial charge is 0.256 e. The van der Waals surface area contributed by atoms with Gasteiger partial charge in [-0.2, -0.15) is 13.2 Å². The van der Waals surface area contributed by atoms with Crippen LogP contribution in [-0.4, -0.2) is 4.98 Å². The molecule has 0 aliphatic rings. The number of hydrogen-bond acceptors (Lipinski definition) is 1. The summed E-state index contributed by atoms with van der Waals surface area (Å²) in [6, 6.07) is 11.1. The molecule has 0 saturated carbocycles. The van der Waals surface area contributed by atoms with Crippen LogP contribution in [0.4, 0.5) is 13.2 Å². The Morgan fingerprint density at radius 2 is 1.56 bits per heavy atom. The molecule has 0 unspecified atom stereocenters. The van der Waals surface area contributed by atoms with Crippen LogP contribution in [0.3, 0.4) is 0 Å². The van der Waals surface area contributed by atoms with Crippen LogP contribution in [0.2, 0.25) is 0 Å². The molecule has 1 aromatic heterocycles. The van der Waals surface area contributed by atoms with Crippen LogP contribution in [0, 0.1) is 0 Å². The Kier molecular flexibility index (Phi) is 2.26. The molecule has 2 aromatic carbocycles. The van der Waals surface area contributed by atoms with Gasteiger partial charge in [-0.05, 0) is 17.5 Å². The van der Waals surface area contributed by atoms with Crippen molar-refractivity contribution in [1.82, 2.24) is 4.98 Å². The summed E-state index contributed by atoms with van der Waals surface area (Å²) in [7, 11) is 0. The number of nitrogens with zero attached hydrogens (tertiary/aromatic N) is 1. The van der Waals surface area contributed by atoms with Crippen molar-refractivity contribution in [3.63, 3.8) is 0 Å². The molecular formula is C14H8F3N. The Labute approximate surface area is 101 Å². The summed E-state index contributed by atoms with van der Waals surface area (Å²) >= 11 is 0. The Hall–Kier alpha value is -2.10. The number of rotatable bonds is 0. The fourth-order valence-corrected chi connectivity index (χ4v) is 2.15. The van der Waals surface area contributed by atoms with E-state index in [0.29, 0.717) is 16.3 Å². The minimum Gasteiger partial charge on any atom is -0.256 e. The lowest BCUT2D eigenvalue weighted by atomic mass is 10.0. The highest BCUT2D eigenvalue weighted by Crippen LogP contribution is 2.37. The zero-order valence-electron chi connectivity index (χ0n) is 9.20. The first kappa shape index (κ1) is 11.0. The Morgan fingerprint density at radius 1 is 0.833 bits per heavy atom. The van der Waals surface area contributed by atoms with Gasteiger partial charge in [0.05, 0.1) is 11.1 Å². The molecule has 0 spiro atoms. The fourth-order valence-electron chi connectivity index (χ4n) is 2.15. The highest BCUT2D eigenvalue weighted by atomic mass is 19.4. The van der Waals surface area contributed by atoms with E-state index in [9.17, 15) is 13.2 Å². The zero-order valence-corrected chi connectivity index (χ0v) is 9.20. The van der Waals surface area contributed by atoms with E-state index in [-0.39, 0.29) is 5.39 Å². The van der Waals surface area contributed by atoms with Crippen LogP contribution in [0.5, 0.6) is 0 Å². The molecule has 0 radical (unpaired) electrons. The van der Waals surface area contributed by atoms with E-state index in [4.69, 9.17) is 0 Å². The number of pyridine rings is 1. The molecule has 0 bridgehead atoms. The van der Waals surface area contributed by atoms with Gasteiger partial charge in [0.2, 0.25) is 0 Å². The fraction of sp³-hybridized carbons (Fsp3) is 0.0714. The number of fused-ring (bicyclic) bond motifs is 3. The lowest BCUT2D eigenvalue weighted by molar-refractivity contribution is -0.136. The molecule has 3 rings (SSSR count). The van der Waals surface area contributed by atoms with E-state index in [1.165, 1.54) is 12.3 Å².